The van der Waals surface area contributed by atoms with E-state index in [-0.39, 0.29) is 18.0 Å². The van der Waals surface area contributed by atoms with Crippen molar-refractivity contribution in [1.82, 2.24) is 0 Å². The summed E-state index contributed by atoms with van der Waals surface area (Å²) in [5, 5.41) is 13.9. The van der Waals surface area contributed by atoms with Crippen molar-refractivity contribution in [3.63, 3.8) is 0 Å². The second kappa shape index (κ2) is 9.18. The highest BCUT2D eigenvalue weighted by molar-refractivity contribution is 5.99. The molecule has 2 aromatic rings. The molecule has 1 atom stereocenters. The molecule has 3 rings (SSSR count). The molecule has 0 fully saturated rings. The molecule has 0 unspecified atom stereocenters. The Morgan fingerprint density at radius 1 is 1.21 bits per heavy atom. The number of esters is 1. The molecular weight excluding hydrogens is 374 g/mol. The molecule has 29 heavy (non-hydrogen) atoms. The van der Waals surface area contributed by atoms with Crippen molar-refractivity contribution < 1.29 is 19.2 Å². The Morgan fingerprint density at radius 3 is 2.72 bits per heavy atom. The quantitative estimate of drug-likeness (QED) is 0.317. The molecule has 1 N–H and O–H groups in total. The molecule has 1 heterocycles. The van der Waals surface area contributed by atoms with Crippen molar-refractivity contribution in [1.29, 1.82) is 0 Å². The highest BCUT2D eigenvalue weighted by Gasteiger charge is 2.29. The van der Waals surface area contributed by atoms with Crippen LogP contribution in [0.4, 0.5) is 17.1 Å². The third kappa shape index (κ3) is 4.90. The van der Waals surface area contributed by atoms with E-state index in [0.29, 0.717) is 25.2 Å². The molecular formula is C21H23N3O5. The van der Waals surface area contributed by atoms with E-state index in [0.717, 1.165) is 17.7 Å². The van der Waals surface area contributed by atoms with Gasteiger partial charge in [-0.05, 0) is 37.5 Å². The first-order valence-corrected chi connectivity index (χ1v) is 9.53. The van der Waals surface area contributed by atoms with E-state index in [4.69, 9.17) is 4.74 Å². The maximum absolute atomic E-state index is 12.6. The molecule has 8 nitrogen and oxygen atoms in total. The molecule has 0 saturated carbocycles. The van der Waals surface area contributed by atoms with Gasteiger partial charge < -0.3 is 15.0 Å². The van der Waals surface area contributed by atoms with Gasteiger partial charge >= 0.3 is 5.97 Å². The van der Waals surface area contributed by atoms with Crippen LogP contribution in [0.5, 0.6) is 0 Å². The molecule has 2 aromatic carbocycles. The van der Waals surface area contributed by atoms with Crippen LogP contribution in [0.3, 0.4) is 0 Å². The number of amides is 1. The van der Waals surface area contributed by atoms with Gasteiger partial charge in [0.05, 0.1) is 4.92 Å². The number of carbonyl (C=O) groups is 2. The van der Waals surface area contributed by atoms with E-state index in [1.54, 1.807) is 30.0 Å². The largest absolute Gasteiger partial charge is 0.453 e. The van der Waals surface area contributed by atoms with Crippen molar-refractivity contribution in [2.45, 2.75) is 32.3 Å². The lowest BCUT2D eigenvalue weighted by molar-refractivity contribution is -0.384. The predicted octanol–water partition coefficient (Wildman–Crippen LogP) is 3.31. The van der Waals surface area contributed by atoms with E-state index < -0.39 is 17.0 Å². The number of hydrogen-bond acceptors (Lipinski definition) is 6. The molecule has 0 saturated heterocycles. The SMILES string of the molecule is C[C@H](OC(=O)CCCNc1ccccc1[N+](=O)[O-])C(=O)N1CCc2ccccc21. The summed E-state index contributed by atoms with van der Waals surface area (Å²) < 4.78 is 5.29. The maximum Gasteiger partial charge on any atom is 0.306 e. The molecule has 1 amide bonds. The summed E-state index contributed by atoms with van der Waals surface area (Å²) in [6.45, 7) is 2.54. The summed E-state index contributed by atoms with van der Waals surface area (Å²) in [4.78, 5) is 36.9. The van der Waals surface area contributed by atoms with Crippen LogP contribution >= 0.6 is 0 Å². The fraction of sp³-hybridized carbons (Fsp3) is 0.333. The first kappa shape index (κ1) is 20.3. The standard InChI is InChI=1S/C21H23N3O5/c1-15(21(26)23-14-12-16-7-2-4-9-18(16)23)29-20(25)11-6-13-22-17-8-3-5-10-19(17)24(27)28/h2-5,7-10,15,22H,6,11-14H2,1H3/t15-/m0/s1. The van der Waals surface area contributed by atoms with Crippen LogP contribution in [0, 0.1) is 10.1 Å². The molecule has 0 spiro atoms. The Hall–Kier alpha value is -3.42. The van der Waals surface area contributed by atoms with Gasteiger partial charge in [0.2, 0.25) is 0 Å². The zero-order valence-electron chi connectivity index (χ0n) is 16.2. The van der Waals surface area contributed by atoms with Gasteiger partial charge in [0, 0.05) is 31.3 Å². The highest BCUT2D eigenvalue weighted by Crippen LogP contribution is 2.28. The molecule has 0 radical (unpaired) electrons. The van der Waals surface area contributed by atoms with Crippen LogP contribution in [-0.4, -0.2) is 36.0 Å². The predicted molar refractivity (Wildman–Crippen MR) is 109 cm³/mol. The first-order valence-electron chi connectivity index (χ1n) is 9.53. The summed E-state index contributed by atoms with van der Waals surface area (Å²) >= 11 is 0. The van der Waals surface area contributed by atoms with Gasteiger partial charge in [-0.15, -0.1) is 0 Å². The number of benzene rings is 2. The molecule has 0 bridgehead atoms. The monoisotopic (exact) mass is 397 g/mol. The zero-order chi connectivity index (χ0) is 20.8. The number of hydrogen-bond donors (Lipinski definition) is 1. The van der Waals surface area contributed by atoms with E-state index in [9.17, 15) is 19.7 Å². The zero-order valence-corrected chi connectivity index (χ0v) is 16.2. The average molecular weight is 397 g/mol. The molecule has 0 aromatic heterocycles. The highest BCUT2D eigenvalue weighted by atomic mass is 16.6. The minimum absolute atomic E-state index is 0.0137. The van der Waals surface area contributed by atoms with Crippen molar-refractivity contribution in [2.24, 2.45) is 0 Å². The summed E-state index contributed by atoms with van der Waals surface area (Å²) in [5.74, 6) is -0.705. The van der Waals surface area contributed by atoms with Crippen molar-refractivity contribution >= 4 is 28.9 Å². The summed E-state index contributed by atoms with van der Waals surface area (Å²) in [5.41, 5.74) is 2.37. The molecule has 8 heteroatoms. The van der Waals surface area contributed by atoms with E-state index >= 15 is 0 Å². The average Bonchev–Trinajstić information content (AvgIpc) is 3.15. The third-order valence-corrected chi connectivity index (χ3v) is 4.78. The van der Waals surface area contributed by atoms with Gasteiger partial charge in [-0.3, -0.25) is 19.7 Å². The van der Waals surface area contributed by atoms with Crippen LogP contribution < -0.4 is 10.2 Å². The summed E-state index contributed by atoms with van der Waals surface area (Å²) in [7, 11) is 0. The van der Waals surface area contributed by atoms with Gasteiger partial charge in [0.1, 0.15) is 5.69 Å². The van der Waals surface area contributed by atoms with E-state index in [1.165, 1.54) is 6.07 Å². The van der Waals surface area contributed by atoms with Crippen LogP contribution in [0.25, 0.3) is 0 Å². The number of rotatable bonds is 8. The van der Waals surface area contributed by atoms with Gasteiger partial charge in [-0.2, -0.15) is 0 Å². The van der Waals surface area contributed by atoms with Crippen molar-refractivity contribution in [2.75, 3.05) is 23.3 Å². The smallest absolute Gasteiger partial charge is 0.306 e. The minimum atomic E-state index is -0.864. The van der Waals surface area contributed by atoms with Crippen LogP contribution in [-0.2, 0) is 20.7 Å². The topological polar surface area (TPSA) is 102 Å². The lowest BCUT2D eigenvalue weighted by Crippen LogP contribution is -2.39. The van der Waals surface area contributed by atoms with Gasteiger partial charge in [0.25, 0.3) is 11.6 Å². The lowest BCUT2D eigenvalue weighted by Gasteiger charge is -2.21. The van der Waals surface area contributed by atoms with Crippen molar-refractivity contribution in [3.8, 4) is 0 Å². The second-order valence-electron chi connectivity index (χ2n) is 6.81. The fourth-order valence-corrected chi connectivity index (χ4v) is 3.33. The van der Waals surface area contributed by atoms with Crippen molar-refractivity contribution in [3.05, 3.63) is 64.2 Å². The minimum Gasteiger partial charge on any atom is -0.453 e. The lowest BCUT2D eigenvalue weighted by atomic mass is 10.2. The van der Waals surface area contributed by atoms with Gasteiger partial charge in [-0.1, -0.05) is 30.3 Å². The van der Waals surface area contributed by atoms with E-state index in [1.807, 2.05) is 24.3 Å². The third-order valence-electron chi connectivity index (χ3n) is 4.78. The Balaban J connectivity index is 1.44. The first-order chi connectivity index (χ1) is 14.0. The number of fused-ring (bicyclic) bond motifs is 1. The van der Waals surface area contributed by atoms with E-state index in [2.05, 4.69) is 5.32 Å². The molecule has 0 aliphatic carbocycles. The number of nitrogens with one attached hydrogen (secondary N) is 1. The number of carbonyl (C=O) groups excluding carboxylic acids is 2. The Labute approximate surface area is 168 Å². The summed E-state index contributed by atoms with van der Waals surface area (Å²) in [6.07, 6.45) is 0.469. The second-order valence-corrected chi connectivity index (χ2v) is 6.81. The Morgan fingerprint density at radius 2 is 1.93 bits per heavy atom. The number of para-hydroxylation sites is 3. The Kier molecular flexibility index (Phi) is 6.43. The molecule has 152 valence electrons. The fourth-order valence-electron chi connectivity index (χ4n) is 3.33. The number of anilines is 2. The molecule has 1 aliphatic heterocycles. The number of nitro groups is 1. The van der Waals surface area contributed by atoms with Crippen LogP contribution in [0.1, 0.15) is 25.3 Å². The number of nitro benzene ring substituents is 1. The van der Waals surface area contributed by atoms with Crippen LogP contribution in [0.15, 0.2) is 48.5 Å². The number of nitrogens with zero attached hydrogens (tertiary/aromatic N) is 2. The van der Waals surface area contributed by atoms with Crippen LogP contribution in [0.2, 0.25) is 0 Å². The summed E-state index contributed by atoms with van der Waals surface area (Å²) in [6, 6.07) is 14.0. The number of ether oxygens (including phenoxy) is 1. The Bertz CT molecular complexity index is 915. The normalized spacial score (nSPS) is 13.5. The maximum atomic E-state index is 12.6. The molecule has 1 aliphatic rings. The van der Waals surface area contributed by atoms with Gasteiger partial charge in [-0.25, -0.2) is 0 Å². The van der Waals surface area contributed by atoms with Gasteiger partial charge in [0.15, 0.2) is 6.10 Å².